The largest absolute Gasteiger partial charge is 0.396 e. The molecular formula is C19H34N2O3. The van der Waals surface area contributed by atoms with Gasteiger partial charge in [0.1, 0.15) is 0 Å². The van der Waals surface area contributed by atoms with Gasteiger partial charge in [-0.15, -0.1) is 0 Å². The standard InChI is InChI=1S/C19H34N2O3/c1-2-6-18(23)21-12-9-16(10-13-21)19(24)20-17(11-14-22)15-7-4-3-5-8-15/h15-17,22H,2-14H2,1H3,(H,20,24). The van der Waals surface area contributed by atoms with E-state index in [0.717, 1.165) is 32.1 Å². The molecule has 0 aromatic rings. The minimum Gasteiger partial charge on any atom is -0.396 e. The van der Waals surface area contributed by atoms with Crippen LogP contribution < -0.4 is 5.32 Å². The predicted molar refractivity (Wildman–Crippen MR) is 94.4 cm³/mol. The molecule has 1 aliphatic heterocycles. The van der Waals surface area contributed by atoms with Crippen LogP contribution in [0.5, 0.6) is 0 Å². The molecule has 2 rings (SSSR count). The van der Waals surface area contributed by atoms with Crippen LogP contribution in [0.2, 0.25) is 0 Å². The van der Waals surface area contributed by atoms with Gasteiger partial charge in [0.2, 0.25) is 11.8 Å². The number of piperidine rings is 1. The van der Waals surface area contributed by atoms with E-state index in [1.807, 2.05) is 11.8 Å². The zero-order chi connectivity index (χ0) is 17.4. The van der Waals surface area contributed by atoms with Gasteiger partial charge in [0.25, 0.3) is 0 Å². The minimum atomic E-state index is 0.0143. The van der Waals surface area contributed by atoms with Gasteiger partial charge in [0, 0.05) is 38.1 Å². The summed E-state index contributed by atoms with van der Waals surface area (Å²) in [5, 5.41) is 12.6. The number of aliphatic hydroxyl groups excluding tert-OH is 1. The van der Waals surface area contributed by atoms with Crippen molar-refractivity contribution in [3.05, 3.63) is 0 Å². The highest BCUT2D eigenvalue weighted by Gasteiger charge is 2.30. The summed E-state index contributed by atoms with van der Waals surface area (Å²) in [4.78, 5) is 26.5. The van der Waals surface area contributed by atoms with Crippen LogP contribution in [0, 0.1) is 11.8 Å². The monoisotopic (exact) mass is 338 g/mol. The summed E-state index contributed by atoms with van der Waals surface area (Å²) in [5.41, 5.74) is 0. The molecular weight excluding hydrogens is 304 g/mol. The normalized spacial score (nSPS) is 21.5. The Morgan fingerprint density at radius 1 is 1.12 bits per heavy atom. The molecule has 5 nitrogen and oxygen atoms in total. The first kappa shape index (κ1) is 19.2. The Bertz CT molecular complexity index is 399. The Kier molecular flexibility index (Phi) is 8.03. The van der Waals surface area contributed by atoms with Gasteiger partial charge in [-0.3, -0.25) is 9.59 Å². The third kappa shape index (κ3) is 5.47. The topological polar surface area (TPSA) is 69.6 Å². The third-order valence-electron chi connectivity index (χ3n) is 5.67. The van der Waals surface area contributed by atoms with Crippen LogP contribution in [0.15, 0.2) is 0 Å². The number of hydrogen-bond acceptors (Lipinski definition) is 3. The summed E-state index contributed by atoms with van der Waals surface area (Å²) in [5.74, 6) is 0.875. The summed E-state index contributed by atoms with van der Waals surface area (Å²) >= 11 is 0. The Balaban J connectivity index is 1.81. The molecule has 1 atom stereocenters. The lowest BCUT2D eigenvalue weighted by atomic mass is 9.82. The van der Waals surface area contributed by atoms with Gasteiger partial charge in [0.15, 0.2) is 0 Å². The predicted octanol–water partition coefficient (Wildman–Crippen LogP) is 2.47. The van der Waals surface area contributed by atoms with E-state index in [-0.39, 0.29) is 30.4 Å². The van der Waals surface area contributed by atoms with Crippen molar-refractivity contribution in [1.82, 2.24) is 10.2 Å². The van der Waals surface area contributed by atoms with Crippen molar-refractivity contribution in [2.45, 2.75) is 77.2 Å². The van der Waals surface area contributed by atoms with Gasteiger partial charge in [-0.1, -0.05) is 26.2 Å². The molecule has 5 heteroatoms. The van der Waals surface area contributed by atoms with Crippen LogP contribution in [-0.4, -0.2) is 47.6 Å². The van der Waals surface area contributed by atoms with Crippen molar-refractivity contribution in [3.8, 4) is 0 Å². The second-order valence-electron chi connectivity index (χ2n) is 7.43. The number of nitrogens with one attached hydrogen (secondary N) is 1. The zero-order valence-electron chi connectivity index (χ0n) is 15.1. The average molecular weight is 338 g/mol. The summed E-state index contributed by atoms with van der Waals surface area (Å²) in [6.45, 7) is 3.55. The van der Waals surface area contributed by atoms with Crippen LogP contribution >= 0.6 is 0 Å². The lowest BCUT2D eigenvalue weighted by molar-refractivity contribution is -0.136. The van der Waals surface area contributed by atoms with Crippen molar-refractivity contribution >= 4 is 11.8 Å². The summed E-state index contributed by atoms with van der Waals surface area (Å²) in [7, 11) is 0. The molecule has 1 saturated heterocycles. The van der Waals surface area contributed by atoms with Gasteiger partial charge >= 0.3 is 0 Å². The van der Waals surface area contributed by atoms with Crippen molar-refractivity contribution in [1.29, 1.82) is 0 Å². The van der Waals surface area contributed by atoms with Crippen LogP contribution in [0.3, 0.4) is 0 Å². The molecule has 0 spiro atoms. The van der Waals surface area contributed by atoms with Crippen LogP contribution in [0.1, 0.15) is 71.1 Å². The first-order valence-electron chi connectivity index (χ1n) is 9.84. The molecule has 0 bridgehead atoms. The number of aliphatic hydroxyl groups is 1. The molecule has 1 heterocycles. The number of carbonyl (C=O) groups excluding carboxylic acids is 2. The van der Waals surface area contributed by atoms with E-state index in [1.54, 1.807) is 0 Å². The second kappa shape index (κ2) is 10.0. The minimum absolute atomic E-state index is 0.0143. The van der Waals surface area contributed by atoms with Gasteiger partial charge < -0.3 is 15.3 Å². The van der Waals surface area contributed by atoms with Gasteiger partial charge in [-0.25, -0.2) is 0 Å². The maximum absolute atomic E-state index is 12.6. The highest BCUT2D eigenvalue weighted by atomic mass is 16.3. The average Bonchev–Trinajstić information content (AvgIpc) is 2.62. The maximum atomic E-state index is 12.6. The smallest absolute Gasteiger partial charge is 0.223 e. The molecule has 2 amide bonds. The zero-order valence-corrected chi connectivity index (χ0v) is 15.1. The molecule has 24 heavy (non-hydrogen) atoms. The molecule has 1 unspecified atom stereocenters. The number of carbonyl (C=O) groups is 2. The summed E-state index contributed by atoms with van der Waals surface area (Å²) in [6.07, 6.45) is 9.76. The third-order valence-corrected chi connectivity index (χ3v) is 5.67. The van der Waals surface area contributed by atoms with Crippen LogP contribution in [-0.2, 0) is 9.59 Å². The fourth-order valence-electron chi connectivity index (χ4n) is 4.16. The molecule has 0 aromatic carbocycles. The molecule has 2 N–H and O–H groups in total. The Morgan fingerprint density at radius 3 is 2.38 bits per heavy atom. The van der Waals surface area contributed by atoms with E-state index in [1.165, 1.54) is 19.3 Å². The molecule has 0 radical (unpaired) electrons. The van der Waals surface area contributed by atoms with Crippen molar-refractivity contribution in [2.75, 3.05) is 19.7 Å². The van der Waals surface area contributed by atoms with Gasteiger partial charge in [0.05, 0.1) is 0 Å². The van der Waals surface area contributed by atoms with E-state index < -0.39 is 0 Å². The van der Waals surface area contributed by atoms with E-state index in [9.17, 15) is 14.7 Å². The number of likely N-dealkylation sites (tertiary alicyclic amines) is 1. The molecule has 138 valence electrons. The molecule has 2 aliphatic rings. The van der Waals surface area contributed by atoms with Gasteiger partial charge in [-0.2, -0.15) is 0 Å². The quantitative estimate of drug-likeness (QED) is 0.749. The molecule has 1 saturated carbocycles. The second-order valence-corrected chi connectivity index (χ2v) is 7.43. The highest BCUT2D eigenvalue weighted by molar-refractivity contribution is 5.80. The fourth-order valence-corrected chi connectivity index (χ4v) is 4.16. The van der Waals surface area contributed by atoms with Crippen LogP contribution in [0.25, 0.3) is 0 Å². The summed E-state index contributed by atoms with van der Waals surface area (Å²) < 4.78 is 0. The highest BCUT2D eigenvalue weighted by Crippen LogP contribution is 2.28. The lowest BCUT2D eigenvalue weighted by Gasteiger charge is -2.34. The van der Waals surface area contributed by atoms with Crippen molar-refractivity contribution in [3.63, 3.8) is 0 Å². The Labute approximate surface area is 146 Å². The lowest BCUT2D eigenvalue weighted by Crippen LogP contribution is -2.47. The van der Waals surface area contributed by atoms with E-state index >= 15 is 0 Å². The maximum Gasteiger partial charge on any atom is 0.223 e. The molecule has 2 fully saturated rings. The fraction of sp³-hybridized carbons (Fsp3) is 0.895. The first-order valence-corrected chi connectivity index (χ1v) is 9.84. The SMILES string of the molecule is CCCC(=O)N1CCC(C(=O)NC(CCO)C2CCCCC2)CC1. The Hall–Kier alpha value is -1.10. The van der Waals surface area contributed by atoms with Crippen molar-refractivity contribution < 1.29 is 14.7 Å². The van der Waals surface area contributed by atoms with E-state index in [0.29, 0.717) is 31.8 Å². The number of hydrogen-bond donors (Lipinski definition) is 2. The van der Waals surface area contributed by atoms with E-state index in [4.69, 9.17) is 0 Å². The number of rotatable bonds is 7. The van der Waals surface area contributed by atoms with Crippen LogP contribution in [0.4, 0.5) is 0 Å². The van der Waals surface area contributed by atoms with Gasteiger partial charge in [-0.05, 0) is 44.4 Å². The first-order chi connectivity index (χ1) is 11.7. The van der Waals surface area contributed by atoms with E-state index in [2.05, 4.69) is 5.32 Å². The molecule has 1 aliphatic carbocycles. The summed E-state index contributed by atoms with van der Waals surface area (Å²) in [6, 6.07) is 0.113. The molecule has 0 aromatic heterocycles. The number of amides is 2. The Morgan fingerprint density at radius 2 is 1.79 bits per heavy atom. The number of nitrogens with zero attached hydrogens (tertiary/aromatic N) is 1. The van der Waals surface area contributed by atoms with Crippen molar-refractivity contribution in [2.24, 2.45) is 11.8 Å².